The number of hydrogen-bond donors (Lipinski definition) is 1. The van der Waals surface area contributed by atoms with Crippen molar-refractivity contribution in [2.45, 2.75) is 19.1 Å². The van der Waals surface area contributed by atoms with Gasteiger partial charge in [-0.2, -0.15) is 13.2 Å². The largest absolute Gasteiger partial charge is 0.477 e. The highest BCUT2D eigenvalue weighted by Crippen LogP contribution is 2.19. The van der Waals surface area contributed by atoms with Gasteiger partial charge in [0.2, 0.25) is 5.88 Å². The van der Waals surface area contributed by atoms with Gasteiger partial charge >= 0.3 is 6.18 Å². The number of nitrogens with two attached hydrogens (primary N) is 1. The quantitative estimate of drug-likeness (QED) is 0.928. The molecular formula is C9H13Cl2F3N2O. The Bertz CT molecular complexity index is 323. The summed E-state index contributed by atoms with van der Waals surface area (Å²) in [5.41, 5.74) is 6.12. The van der Waals surface area contributed by atoms with Crippen LogP contribution in [0.4, 0.5) is 13.2 Å². The van der Waals surface area contributed by atoms with E-state index in [9.17, 15) is 13.2 Å². The third-order valence-corrected chi connectivity index (χ3v) is 1.67. The zero-order chi connectivity index (χ0) is 11.3. The lowest BCUT2D eigenvalue weighted by molar-refractivity contribution is -0.139. The second kappa shape index (κ2) is 8.38. The molecule has 8 heteroatoms. The second-order valence-corrected chi connectivity index (χ2v) is 2.92. The molecule has 0 saturated carbocycles. The lowest BCUT2D eigenvalue weighted by Crippen LogP contribution is -2.13. The van der Waals surface area contributed by atoms with E-state index in [2.05, 4.69) is 4.98 Å². The molecular weight excluding hydrogens is 280 g/mol. The lowest BCUT2D eigenvalue weighted by Gasteiger charge is -2.08. The number of nitrogens with zero attached hydrogens (tertiary/aromatic N) is 1. The fraction of sp³-hybridized carbons (Fsp3) is 0.444. The van der Waals surface area contributed by atoms with Crippen LogP contribution in [0, 0.1) is 0 Å². The highest BCUT2D eigenvalue weighted by atomic mass is 35.5. The molecule has 1 rings (SSSR count). The molecule has 0 aliphatic carbocycles. The van der Waals surface area contributed by atoms with Gasteiger partial charge in [0.05, 0.1) is 13.0 Å². The Labute approximate surface area is 109 Å². The Morgan fingerprint density at radius 3 is 2.47 bits per heavy atom. The first-order valence-electron chi connectivity index (χ1n) is 4.36. The average Bonchev–Trinajstić information content (AvgIpc) is 2.16. The normalized spacial score (nSPS) is 10.1. The van der Waals surface area contributed by atoms with Crippen LogP contribution in [-0.2, 0) is 6.54 Å². The van der Waals surface area contributed by atoms with Crippen LogP contribution in [0.3, 0.4) is 0 Å². The predicted octanol–water partition coefficient (Wildman–Crippen LogP) is 2.72. The smallest absolute Gasteiger partial charge is 0.392 e. The summed E-state index contributed by atoms with van der Waals surface area (Å²) in [6.45, 7) is -0.122. The van der Waals surface area contributed by atoms with Crippen molar-refractivity contribution < 1.29 is 17.9 Å². The Morgan fingerprint density at radius 1 is 1.29 bits per heavy atom. The highest BCUT2D eigenvalue weighted by Gasteiger charge is 2.26. The molecule has 0 atom stereocenters. The zero-order valence-electron chi connectivity index (χ0n) is 8.74. The first kappa shape index (κ1) is 18.6. The molecule has 0 amide bonds. The van der Waals surface area contributed by atoms with Crippen LogP contribution >= 0.6 is 24.8 Å². The maximum atomic E-state index is 11.8. The van der Waals surface area contributed by atoms with Crippen LogP contribution < -0.4 is 10.5 Å². The third kappa shape index (κ3) is 8.06. The first-order valence-corrected chi connectivity index (χ1v) is 4.36. The van der Waals surface area contributed by atoms with E-state index in [1.807, 2.05) is 0 Å². The monoisotopic (exact) mass is 292 g/mol. The maximum Gasteiger partial charge on any atom is 0.392 e. The average molecular weight is 293 g/mol. The molecule has 0 aromatic carbocycles. The third-order valence-electron chi connectivity index (χ3n) is 1.67. The van der Waals surface area contributed by atoms with Gasteiger partial charge in [-0.05, 0) is 11.6 Å². The molecule has 0 aliphatic rings. The summed E-state index contributed by atoms with van der Waals surface area (Å²) < 4.78 is 40.2. The highest BCUT2D eigenvalue weighted by molar-refractivity contribution is 5.85. The predicted molar refractivity (Wildman–Crippen MR) is 62.8 cm³/mol. The van der Waals surface area contributed by atoms with Gasteiger partial charge in [0.1, 0.15) is 0 Å². The minimum atomic E-state index is -4.20. The van der Waals surface area contributed by atoms with E-state index in [1.165, 1.54) is 12.3 Å². The summed E-state index contributed by atoms with van der Waals surface area (Å²) in [7, 11) is 0. The molecule has 0 bridgehead atoms. The topological polar surface area (TPSA) is 48.1 Å². The minimum Gasteiger partial charge on any atom is -0.477 e. The van der Waals surface area contributed by atoms with Crippen molar-refractivity contribution >= 4 is 24.8 Å². The van der Waals surface area contributed by atoms with Crippen molar-refractivity contribution in [1.29, 1.82) is 0 Å². The summed E-state index contributed by atoms with van der Waals surface area (Å²) in [4.78, 5) is 3.76. The molecule has 0 unspecified atom stereocenters. The molecule has 3 nitrogen and oxygen atoms in total. The SMILES string of the molecule is Cl.Cl.NCc1ccnc(OCCC(F)(F)F)c1. The fourth-order valence-corrected chi connectivity index (χ4v) is 0.928. The van der Waals surface area contributed by atoms with Crippen LogP contribution in [0.2, 0.25) is 0 Å². The standard InChI is InChI=1S/C9H11F3N2O.2ClH/c10-9(11,12)2-4-15-8-5-7(6-13)1-3-14-8;;/h1,3,5H,2,4,6,13H2;2*1H. The molecule has 0 fully saturated rings. The van der Waals surface area contributed by atoms with E-state index in [-0.39, 0.29) is 30.7 Å². The van der Waals surface area contributed by atoms with E-state index >= 15 is 0 Å². The van der Waals surface area contributed by atoms with E-state index < -0.39 is 19.2 Å². The second-order valence-electron chi connectivity index (χ2n) is 2.92. The van der Waals surface area contributed by atoms with Crippen molar-refractivity contribution in [2.75, 3.05) is 6.61 Å². The zero-order valence-corrected chi connectivity index (χ0v) is 10.4. The molecule has 0 aliphatic heterocycles. The molecule has 1 aromatic heterocycles. The van der Waals surface area contributed by atoms with Gasteiger partial charge in [-0.3, -0.25) is 0 Å². The number of alkyl halides is 3. The molecule has 1 heterocycles. The number of halogens is 5. The summed E-state index contributed by atoms with van der Waals surface area (Å²) in [5.74, 6) is 0.169. The molecule has 17 heavy (non-hydrogen) atoms. The molecule has 100 valence electrons. The van der Waals surface area contributed by atoms with E-state index in [0.717, 1.165) is 5.56 Å². The Hall–Kier alpha value is -0.720. The molecule has 0 radical (unpaired) electrons. The number of rotatable bonds is 4. The lowest BCUT2D eigenvalue weighted by atomic mass is 10.3. The van der Waals surface area contributed by atoms with Gasteiger partial charge in [0, 0.05) is 18.8 Å². The van der Waals surface area contributed by atoms with Gasteiger partial charge in [-0.25, -0.2) is 4.98 Å². The molecule has 0 spiro atoms. The Kier molecular flexibility index (Phi) is 9.19. The number of hydrogen-bond acceptors (Lipinski definition) is 3. The van der Waals surface area contributed by atoms with Crippen molar-refractivity contribution in [3.8, 4) is 5.88 Å². The van der Waals surface area contributed by atoms with E-state index in [4.69, 9.17) is 10.5 Å². The van der Waals surface area contributed by atoms with Crippen LogP contribution in [0.1, 0.15) is 12.0 Å². The summed E-state index contributed by atoms with van der Waals surface area (Å²) in [5, 5.41) is 0. The summed E-state index contributed by atoms with van der Waals surface area (Å²) >= 11 is 0. The number of aromatic nitrogens is 1. The van der Waals surface area contributed by atoms with Crippen LogP contribution in [0.25, 0.3) is 0 Å². The van der Waals surface area contributed by atoms with Gasteiger partial charge < -0.3 is 10.5 Å². The first-order chi connectivity index (χ1) is 7.01. The van der Waals surface area contributed by atoms with Gasteiger partial charge in [-0.1, -0.05) is 0 Å². The minimum absolute atomic E-state index is 0. The fourth-order valence-electron chi connectivity index (χ4n) is 0.928. The molecule has 2 N–H and O–H groups in total. The van der Waals surface area contributed by atoms with Crippen LogP contribution in [-0.4, -0.2) is 17.8 Å². The molecule has 0 saturated heterocycles. The van der Waals surface area contributed by atoms with Crippen molar-refractivity contribution in [2.24, 2.45) is 5.73 Å². The number of pyridine rings is 1. The Balaban J connectivity index is 0. The van der Waals surface area contributed by atoms with E-state index in [1.54, 1.807) is 6.07 Å². The van der Waals surface area contributed by atoms with Gasteiger partial charge in [0.25, 0.3) is 0 Å². The van der Waals surface area contributed by atoms with Gasteiger partial charge in [0.15, 0.2) is 0 Å². The van der Waals surface area contributed by atoms with Crippen molar-refractivity contribution in [3.63, 3.8) is 0 Å². The molecule has 1 aromatic rings. The van der Waals surface area contributed by atoms with Gasteiger partial charge in [-0.15, -0.1) is 24.8 Å². The van der Waals surface area contributed by atoms with Crippen LogP contribution in [0.5, 0.6) is 5.88 Å². The van der Waals surface area contributed by atoms with E-state index in [0.29, 0.717) is 6.54 Å². The van der Waals surface area contributed by atoms with Crippen molar-refractivity contribution in [3.05, 3.63) is 23.9 Å². The Morgan fingerprint density at radius 2 is 1.94 bits per heavy atom. The maximum absolute atomic E-state index is 11.8. The number of ether oxygens (including phenoxy) is 1. The van der Waals surface area contributed by atoms with Crippen molar-refractivity contribution in [1.82, 2.24) is 4.98 Å². The summed E-state index contributed by atoms with van der Waals surface area (Å²) in [6, 6.07) is 3.20. The summed E-state index contributed by atoms with van der Waals surface area (Å²) in [6.07, 6.45) is -3.74. The van der Waals surface area contributed by atoms with Crippen LogP contribution in [0.15, 0.2) is 18.3 Å².